The zero-order valence-corrected chi connectivity index (χ0v) is 17.7. The summed E-state index contributed by atoms with van der Waals surface area (Å²) in [7, 11) is 1.72. The van der Waals surface area contributed by atoms with Crippen LogP contribution in [0.15, 0.2) is 52.1 Å². The van der Waals surface area contributed by atoms with Crippen molar-refractivity contribution in [1.29, 1.82) is 0 Å². The first-order chi connectivity index (χ1) is 14.3. The Bertz CT molecular complexity index is 739. The number of aliphatic imine (C=N–C) groups is 1. The number of methoxy groups -OCH3 is 1. The largest absolute Gasteiger partial charge is 0.468 e. The number of benzene rings is 1. The standard InChI is InChI=1S/C23H34N4O2/c1-3-24-23(25-16-19-10-5-6-11-20(19)18-28-2)26-17-21(22-12-9-15-29-22)27-13-7-4-8-14-27/h5-6,9-12,15,21H,3-4,7-8,13-14,16-18H2,1-2H3,(H2,24,25,26). The minimum atomic E-state index is 0.218. The smallest absolute Gasteiger partial charge is 0.191 e. The summed E-state index contributed by atoms with van der Waals surface area (Å²) in [6.45, 7) is 7.12. The van der Waals surface area contributed by atoms with Gasteiger partial charge < -0.3 is 19.8 Å². The quantitative estimate of drug-likeness (QED) is 0.498. The Morgan fingerprint density at radius 1 is 1.10 bits per heavy atom. The first-order valence-corrected chi connectivity index (χ1v) is 10.7. The van der Waals surface area contributed by atoms with Crippen molar-refractivity contribution in [3.05, 3.63) is 59.5 Å². The molecule has 0 bridgehead atoms. The zero-order valence-electron chi connectivity index (χ0n) is 17.7. The van der Waals surface area contributed by atoms with E-state index in [0.29, 0.717) is 13.2 Å². The molecule has 1 unspecified atom stereocenters. The average Bonchev–Trinajstić information content (AvgIpc) is 3.28. The van der Waals surface area contributed by atoms with Gasteiger partial charge in [-0.1, -0.05) is 30.7 Å². The van der Waals surface area contributed by atoms with Gasteiger partial charge in [-0.25, -0.2) is 4.99 Å². The highest BCUT2D eigenvalue weighted by Crippen LogP contribution is 2.24. The predicted molar refractivity (Wildman–Crippen MR) is 117 cm³/mol. The van der Waals surface area contributed by atoms with Crippen LogP contribution in [0.2, 0.25) is 0 Å². The van der Waals surface area contributed by atoms with E-state index in [1.807, 2.05) is 18.2 Å². The van der Waals surface area contributed by atoms with Gasteiger partial charge in [0, 0.05) is 20.2 Å². The van der Waals surface area contributed by atoms with Crippen molar-refractivity contribution in [1.82, 2.24) is 15.5 Å². The molecule has 158 valence electrons. The minimum Gasteiger partial charge on any atom is -0.468 e. The highest BCUT2D eigenvalue weighted by molar-refractivity contribution is 5.79. The van der Waals surface area contributed by atoms with Gasteiger partial charge in [-0.05, 0) is 56.1 Å². The molecule has 1 saturated heterocycles. The van der Waals surface area contributed by atoms with E-state index in [0.717, 1.165) is 37.9 Å². The maximum Gasteiger partial charge on any atom is 0.191 e. The summed E-state index contributed by atoms with van der Waals surface area (Å²) < 4.78 is 11.1. The number of nitrogens with zero attached hydrogens (tertiary/aromatic N) is 2. The molecule has 2 heterocycles. The van der Waals surface area contributed by atoms with Crippen LogP contribution in [0.3, 0.4) is 0 Å². The van der Waals surface area contributed by atoms with E-state index in [1.165, 1.54) is 30.4 Å². The van der Waals surface area contributed by atoms with Crippen LogP contribution < -0.4 is 10.6 Å². The molecule has 1 aromatic carbocycles. The van der Waals surface area contributed by atoms with Crippen molar-refractivity contribution in [2.45, 2.75) is 45.4 Å². The minimum absolute atomic E-state index is 0.218. The molecule has 6 heteroatoms. The first kappa shape index (κ1) is 21.4. The van der Waals surface area contributed by atoms with Crippen LogP contribution in [-0.2, 0) is 17.9 Å². The van der Waals surface area contributed by atoms with Gasteiger partial charge in [-0.15, -0.1) is 0 Å². The maximum absolute atomic E-state index is 5.76. The van der Waals surface area contributed by atoms with Crippen LogP contribution >= 0.6 is 0 Å². The van der Waals surface area contributed by atoms with Crippen molar-refractivity contribution in [3.8, 4) is 0 Å². The number of piperidine rings is 1. The number of hydrogen-bond acceptors (Lipinski definition) is 4. The van der Waals surface area contributed by atoms with Crippen LogP contribution in [0.5, 0.6) is 0 Å². The van der Waals surface area contributed by atoms with Gasteiger partial charge in [0.05, 0.1) is 25.5 Å². The number of rotatable bonds is 9. The van der Waals surface area contributed by atoms with Crippen molar-refractivity contribution >= 4 is 5.96 Å². The fourth-order valence-electron chi connectivity index (χ4n) is 3.83. The average molecular weight is 399 g/mol. The molecule has 1 aromatic heterocycles. The lowest BCUT2D eigenvalue weighted by molar-refractivity contribution is 0.146. The van der Waals surface area contributed by atoms with Crippen LogP contribution in [0.25, 0.3) is 0 Å². The molecule has 2 N–H and O–H groups in total. The molecule has 0 amide bonds. The molecule has 6 nitrogen and oxygen atoms in total. The highest BCUT2D eigenvalue weighted by Gasteiger charge is 2.24. The Morgan fingerprint density at radius 2 is 1.90 bits per heavy atom. The van der Waals surface area contributed by atoms with E-state index in [4.69, 9.17) is 14.1 Å². The van der Waals surface area contributed by atoms with Crippen LogP contribution in [0, 0.1) is 0 Å². The summed E-state index contributed by atoms with van der Waals surface area (Å²) >= 11 is 0. The number of likely N-dealkylation sites (tertiary alicyclic amines) is 1. The molecule has 0 aliphatic carbocycles. The number of ether oxygens (including phenoxy) is 1. The molecule has 0 radical (unpaired) electrons. The van der Waals surface area contributed by atoms with E-state index < -0.39 is 0 Å². The summed E-state index contributed by atoms with van der Waals surface area (Å²) in [5.41, 5.74) is 2.36. The molecule has 1 atom stereocenters. The van der Waals surface area contributed by atoms with E-state index in [9.17, 15) is 0 Å². The topological polar surface area (TPSA) is 62.0 Å². The maximum atomic E-state index is 5.76. The molecule has 0 saturated carbocycles. The highest BCUT2D eigenvalue weighted by atomic mass is 16.5. The van der Waals surface area contributed by atoms with Crippen molar-refractivity contribution in [3.63, 3.8) is 0 Å². The first-order valence-electron chi connectivity index (χ1n) is 10.7. The van der Waals surface area contributed by atoms with Crippen LogP contribution in [0.4, 0.5) is 0 Å². The van der Waals surface area contributed by atoms with E-state index >= 15 is 0 Å². The summed E-state index contributed by atoms with van der Waals surface area (Å²) in [5, 5.41) is 6.90. The molecule has 3 rings (SSSR count). The molecule has 1 aliphatic rings. The van der Waals surface area contributed by atoms with Gasteiger partial charge in [0.25, 0.3) is 0 Å². The third-order valence-corrected chi connectivity index (χ3v) is 5.34. The lowest BCUT2D eigenvalue weighted by Gasteiger charge is -2.33. The van der Waals surface area contributed by atoms with Gasteiger partial charge in [0.2, 0.25) is 0 Å². The van der Waals surface area contributed by atoms with Crippen LogP contribution in [-0.4, -0.2) is 44.1 Å². The summed E-state index contributed by atoms with van der Waals surface area (Å²) in [5.74, 6) is 1.84. The summed E-state index contributed by atoms with van der Waals surface area (Å²) in [6.07, 6.45) is 5.58. The van der Waals surface area contributed by atoms with Crippen molar-refractivity contribution in [2.75, 3.05) is 33.3 Å². The fourth-order valence-corrected chi connectivity index (χ4v) is 3.83. The van der Waals surface area contributed by atoms with Gasteiger partial charge in [-0.2, -0.15) is 0 Å². The molecule has 29 heavy (non-hydrogen) atoms. The van der Waals surface area contributed by atoms with E-state index in [2.05, 4.69) is 40.7 Å². The molecular formula is C23H34N4O2. The second kappa shape index (κ2) is 11.6. The second-order valence-corrected chi connectivity index (χ2v) is 7.41. The van der Waals surface area contributed by atoms with Crippen molar-refractivity contribution < 1.29 is 9.15 Å². The molecule has 1 aliphatic heterocycles. The summed E-state index contributed by atoms with van der Waals surface area (Å²) in [4.78, 5) is 7.34. The number of nitrogens with one attached hydrogen (secondary N) is 2. The Labute approximate surface area is 174 Å². The van der Waals surface area contributed by atoms with E-state index in [-0.39, 0.29) is 6.04 Å². The second-order valence-electron chi connectivity index (χ2n) is 7.41. The Balaban J connectivity index is 1.67. The van der Waals surface area contributed by atoms with Gasteiger partial charge in [0.1, 0.15) is 5.76 Å². The Kier molecular flexibility index (Phi) is 8.58. The molecule has 2 aromatic rings. The van der Waals surface area contributed by atoms with Crippen molar-refractivity contribution in [2.24, 2.45) is 4.99 Å². The zero-order chi connectivity index (χ0) is 20.3. The number of hydrogen-bond donors (Lipinski definition) is 2. The summed E-state index contributed by atoms with van der Waals surface area (Å²) in [6, 6.07) is 12.6. The third-order valence-electron chi connectivity index (χ3n) is 5.34. The molecular weight excluding hydrogens is 364 g/mol. The Hall–Kier alpha value is -2.31. The Morgan fingerprint density at radius 3 is 2.59 bits per heavy atom. The number of guanidine groups is 1. The third kappa shape index (κ3) is 6.34. The SMILES string of the molecule is CCNC(=NCc1ccccc1COC)NCC(c1ccco1)N1CCCCC1. The predicted octanol–water partition coefficient (Wildman–Crippen LogP) is 3.71. The normalized spacial score (nSPS) is 16.6. The fraction of sp³-hybridized carbons (Fsp3) is 0.522. The number of furan rings is 1. The van der Waals surface area contributed by atoms with Gasteiger partial charge >= 0.3 is 0 Å². The molecule has 1 fully saturated rings. The van der Waals surface area contributed by atoms with Crippen LogP contribution in [0.1, 0.15) is 49.1 Å². The van der Waals surface area contributed by atoms with Gasteiger partial charge in [0.15, 0.2) is 5.96 Å². The van der Waals surface area contributed by atoms with E-state index in [1.54, 1.807) is 13.4 Å². The molecule has 0 spiro atoms. The van der Waals surface area contributed by atoms with Gasteiger partial charge in [-0.3, -0.25) is 4.90 Å². The lowest BCUT2D eigenvalue weighted by atomic mass is 10.1. The lowest BCUT2D eigenvalue weighted by Crippen LogP contribution is -2.44. The monoisotopic (exact) mass is 398 g/mol.